The SMILES string of the molecule is Cc1ccc(NC(=O)N2CCCN(C3=Nc4ccc(C)cc4Oc4ccccc43)CC2)cc1. The normalized spacial score (nSPS) is 15.4. The lowest BCUT2D eigenvalue weighted by Crippen LogP contribution is -2.39. The van der Waals surface area contributed by atoms with Crippen molar-refractivity contribution in [2.75, 3.05) is 31.5 Å². The van der Waals surface area contributed by atoms with Gasteiger partial charge in [0.05, 0.1) is 5.56 Å². The number of nitrogens with one attached hydrogen (secondary N) is 1. The Balaban J connectivity index is 1.37. The number of amides is 2. The van der Waals surface area contributed by atoms with E-state index in [4.69, 9.17) is 9.73 Å². The number of aryl methyl sites for hydroxylation is 2. The van der Waals surface area contributed by atoms with Crippen molar-refractivity contribution in [2.45, 2.75) is 20.3 Å². The summed E-state index contributed by atoms with van der Waals surface area (Å²) in [7, 11) is 0. The summed E-state index contributed by atoms with van der Waals surface area (Å²) >= 11 is 0. The molecule has 6 heteroatoms. The van der Waals surface area contributed by atoms with Crippen LogP contribution in [0, 0.1) is 13.8 Å². The van der Waals surface area contributed by atoms with Gasteiger partial charge in [0.1, 0.15) is 17.3 Å². The molecule has 0 radical (unpaired) electrons. The third-order valence-electron chi connectivity index (χ3n) is 6.08. The molecule has 1 fully saturated rings. The minimum absolute atomic E-state index is 0.0620. The van der Waals surface area contributed by atoms with Gasteiger partial charge in [-0.3, -0.25) is 0 Å². The van der Waals surface area contributed by atoms with Crippen molar-refractivity contribution in [3.8, 4) is 11.5 Å². The lowest BCUT2D eigenvalue weighted by Gasteiger charge is -2.25. The molecule has 2 amide bonds. The van der Waals surface area contributed by atoms with Crippen LogP contribution in [-0.2, 0) is 0 Å². The number of hydrogen-bond acceptors (Lipinski definition) is 4. The highest BCUT2D eigenvalue weighted by Gasteiger charge is 2.26. The number of rotatable bonds is 1. The van der Waals surface area contributed by atoms with Crippen LogP contribution in [0.4, 0.5) is 16.2 Å². The summed E-state index contributed by atoms with van der Waals surface area (Å²) in [6.45, 7) is 6.94. The molecule has 168 valence electrons. The zero-order valence-corrected chi connectivity index (χ0v) is 19.0. The highest BCUT2D eigenvalue weighted by molar-refractivity contribution is 6.03. The number of hydrogen-bond donors (Lipinski definition) is 1. The molecule has 3 aromatic rings. The van der Waals surface area contributed by atoms with E-state index in [1.54, 1.807) is 0 Å². The number of benzene rings is 3. The molecular formula is C27H28N4O2. The van der Waals surface area contributed by atoms with E-state index in [9.17, 15) is 4.79 Å². The van der Waals surface area contributed by atoms with Crippen molar-refractivity contribution < 1.29 is 9.53 Å². The van der Waals surface area contributed by atoms with Crippen LogP contribution < -0.4 is 10.1 Å². The number of fused-ring (bicyclic) bond motifs is 2. The maximum absolute atomic E-state index is 12.9. The Morgan fingerprint density at radius 3 is 2.52 bits per heavy atom. The molecule has 1 N–H and O–H groups in total. The number of carbonyl (C=O) groups excluding carboxylic acids is 1. The van der Waals surface area contributed by atoms with E-state index in [1.807, 2.05) is 66.4 Å². The van der Waals surface area contributed by atoms with Gasteiger partial charge in [-0.25, -0.2) is 9.79 Å². The van der Waals surface area contributed by atoms with E-state index in [0.717, 1.165) is 52.8 Å². The van der Waals surface area contributed by atoms with Crippen LogP contribution in [-0.4, -0.2) is 47.8 Å². The average molecular weight is 441 g/mol. The molecule has 3 aromatic carbocycles. The molecule has 0 atom stereocenters. The van der Waals surface area contributed by atoms with Crippen LogP contribution in [0.3, 0.4) is 0 Å². The van der Waals surface area contributed by atoms with Crippen LogP contribution in [0.25, 0.3) is 0 Å². The molecule has 2 aliphatic heterocycles. The number of aliphatic imine (C=N–C) groups is 1. The molecule has 0 unspecified atom stereocenters. The summed E-state index contributed by atoms with van der Waals surface area (Å²) in [5.74, 6) is 2.47. The number of anilines is 1. The number of ether oxygens (including phenoxy) is 1. The van der Waals surface area contributed by atoms with Crippen LogP contribution in [0.1, 0.15) is 23.1 Å². The zero-order chi connectivity index (χ0) is 22.8. The lowest BCUT2D eigenvalue weighted by molar-refractivity contribution is 0.214. The molecule has 5 rings (SSSR count). The topological polar surface area (TPSA) is 57.2 Å². The van der Waals surface area contributed by atoms with Gasteiger partial charge in [0, 0.05) is 31.9 Å². The Morgan fingerprint density at radius 1 is 0.879 bits per heavy atom. The summed E-state index contributed by atoms with van der Waals surface area (Å²) in [4.78, 5) is 22.1. The van der Waals surface area contributed by atoms with Gasteiger partial charge in [0.25, 0.3) is 0 Å². The zero-order valence-electron chi connectivity index (χ0n) is 19.0. The molecule has 33 heavy (non-hydrogen) atoms. The molecule has 1 saturated heterocycles. The van der Waals surface area contributed by atoms with Gasteiger partial charge in [-0.1, -0.05) is 35.9 Å². The van der Waals surface area contributed by atoms with E-state index in [-0.39, 0.29) is 6.03 Å². The predicted octanol–water partition coefficient (Wildman–Crippen LogP) is 5.73. The molecule has 0 spiro atoms. The first-order valence-corrected chi connectivity index (χ1v) is 11.4. The first kappa shape index (κ1) is 21.1. The Labute approximate surface area is 194 Å². The number of urea groups is 1. The Morgan fingerprint density at radius 2 is 1.67 bits per heavy atom. The number of nitrogens with zero attached hydrogens (tertiary/aromatic N) is 3. The van der Waals surface area contributed by atoms with Crippen molar-refractivity contribution >= 4 is 23.2 Å². The molecule has 2 aliphatic rings. The highest BCUT2D eigenvalue weighted by atomic mass is 16.5. The fourth-order valence-electron chi connectivity index (χ4n) is 4.24. The van der Waals surface area contributed by atoms with Crippen LogP contribution in [0.15, 0.2) is 71.7 Å². The van der Waals surface area contributed by atoms with Gasteiger partial charge in [-0.15, -0.1) is 0 Å². The monoisotopic (exact) mass is 440 g/mol. The van der Waals surface area contributed by atoms with Gasteiger partial charge < -0.3 is 19.9 Å². The van der Waals surface area contributed by atoms with Crippen LogP contribution in [0.5, 0.6) is 11.5 Å². The summed E-state index contributed by atoms with van der Waals surface area (Å²) in [6, 6.07) is 21.9. The van der Waals surface area contributed by atoms with E-state index in [0.29, 0.717) is 19.6 Å². The van der Waals surface area contributed by atoms with Crippen molar-refractivity contribution in [2.24, 2.45) is 4.99 Å². The van der Waals surface area contributed by atoms with Crippen molar-refractivity contribution in [3.63, 3.8) is 0 Å². The minimum Gasteiger partial charge on any atom is -0.454 e. The summed E-state index contributed by atoms with van der Waals surface area (Å²) in [6.07, 6.45) is 0.865. The third kappa shape index (κ3) is 4.55. The number of amidine groups is 1. The average Bonchev–Trinajstić information content (AvgIpc) is 3.15. The smallest absolute Gasteiger partial charge is 0.321 e. The van der Waals surface area contributed by atoms with Gasteiger partial charge in [-0.05, 0) is 62.2 Å². The largest absolute Gasteiger partial charge is 0.454 e. The van der Waals surface area contributed by atoms with Crippen molar-refractivity contribution in [1.82, 2.24) is 9.80 Å². The van der Waals surface area contributed by atoms with Crippen molar-refractivity contribution in [1.29, 1.82) is 0 Å². The molecule has 2 heterocycles. The predicted molar refractivity (Wildman–Crippen MR) is 132 cm³/mol. The van der Waals surface area contributed by atoms with Gasteiger partial charge >= 0.3 is 6.03 Å². The summed E-state index contributed by atoms with van der Waals surface area (Å²) in [5.41, 5.74) is 4.92. The van der Waals surface area contributed by atoms with Gasteiger partial charge in [0.15, 0.2) is 5.75 Å². The third-order valence-corrected chi connectivity index (χ3v) is 6.08. The van der Waals surface area contributed by atoms with E-state index < -0.39 is 0 Å². The molecule has 6 nitrogen and oxygen atoms in total. The maximum Gasteiger partial charge on any atom is 0.321 e. The second-order valence-electron chi connectivity index (χ2n) is 8.63. The van der Waals surface area contributed by atoms with E-state index >= 15 is 0 Å². The van der Waals surface area contributed by atoms with Gasteiger partial charge in [-0.2, -0.15) is 0 Å². The highest BCUT2D eigenvalue weighted by Crippen LogP contribution is 2.38. The number of carbonyl (C=O) groups is 1. The summed E-state index contributed by atoms with van der Waals surface area (Å²) in [5, 5.41) is 3.02. The number of para-hydroxylation sites is 1. The lowest BCUT2D eigenvalue weighted by atomic mass is 10.1. The van der Waals surface area contributed by atoms with Crippen LogP contribution in [0.2, 0.25) is 0 Å². The molecular weight excluding hydrogens is 412 g/mol. The first-order chi connectivity index (χ1) is 16.1. The summed E-state index contributed by atoms with van der Waals surface area (Å²) < 4.78 is 6.25. The first-order valence-electron chi connectivity index (χ1n) is 11.4. The molecule has 0 bridgehead atoms. The Hall–Kier alpha value is -3.80. The van der Waals surface area contributed by atoms with Crippen molar-refractivity contribution in [3.05, 3.63) is 83.4 Å². The van der Waals surface area contributed by atoms with E-state index in [2.05, 4.69) is 29.3 Å². The van der Waals surface area contributed by atoms with Crippen LogP contribution >= 0.6 is 0 Å². The Kier molecular flexibility index (Phi) is 5.73. The second-order valence-corrected chi connectivity index (χ2v) is 8.63. The molecule has 0 aromatic heterocycles. The molecule has 0 saturated carbocycles. The fraction of sp³-hybridized carbons (Fsp3) is 0.259. The van der Waals surface area contributed by atoms with Gasteiger partial charge in [0.2, 0.25) is 0 Å². The fourth-order valence-corrected chi connectivity index (χ4v) is 4.24. The van der Waals surface area contributed by atoms with E-state index in [1.165, 1.54) is 5.56 Å². The molecule has 0 aliphatic carbocycles. The quantitative estimate of drug-likeness (QED) is 0.526. The standard InChI is InChI=1S/C27H28N4O2/c1-19-8-11-21(12-9-19)28-27(32)31-15-5-14-30(16-17-31)26-22-6-3-4-7-24(22)33-25-18-20(2)10-13-23(25)29-26/h3-4,6-13,18H,5,14-17H2,1-2H3,(H,28,32). The maximum atomic E-state index is 12.9. The minimum atomic E-state index is -0.0620. The Bertz CT molecular complexity index is 1200. The second kappa shape index (κ2) is 8.98.